The van der Waals surface area contributed by atoms with E-state index in [2.05, 4.69) is 20.3 Å². The second-order valence-electron chi connectivity index (χ2n) is 10.4. The molecular weight excluding hydrogens is 456 g/mol. The molecule has 9 heteroatoms. The number of piperidine rings is 1. The highest BCUT2D eigenvalue weighted by Gasteiger charge is 2.30. The lowest BCUT2D eigenvalue weighted by Gasteiger charge is -2.33. The first-order valence-electron chi connectivity index (χ1n) is 13.6. The first-order chi connectivity index (χ1) is 17.7. The maximum Gasteiger partial charge on any atom is 0.324 e. The van der Waals surface area contributed by atoms with E-state index in [4.69, 9.17) is 9.05 Å². The van der Waals surface area contributed by atoms with Crippen molar-refractivity contribution in [2.75, 3.05) is 24.5 Å². The summed E-state index contributed by atoms with van der Waals surface area (Å²) in [6.45, 7) is 2.31. The Balaban J connectivity index is 1.11. The zero-order chi connectivity index (χ0) is 24.3. The van der Waals surface area contributed by atoms with Gasteiger partial charge in [-0.3, -0.25) is 4.90 Å². The molecule has 0 radical (unpaired) electrons. The molecule has 3 fully saturated rings. The van der Waals surface area contributed by atoms with Gasteiger partial charge in [-0.2, -0.15) is 9.97 Å². The van der Waals surface area contributed by atoms with E-state index in [0.29, 0.717) is 24.3 Å². The van der Waals surface area contributed by atoms with E-state index in [9.17, 15) is 4.79 Å². The van der Waals surface area contributed by atoms with Crippen molar-refractivity contribution in [1.82, 2.24) is 25.2 Å². The highest BCUT2D eigenvalue weighted by molar-refractivity contribution is 5.92. The minimum atomic E-state index is 0.0852. The summed E-state index contributed by atoms with van der Waals surface area (Å²) in [6.07, 6.45) is 11.6. The van der Waals surface area contributed by atoms with Crippen LogP contribution in [0.15, 0.2) is 33.3 Å². The van der Waals surface area contributed by atoms with E-state index in [1.807, 2.05) is 34.1 Å². The second-order valence-corrected chi connectivity index (χ2v) is 10.4. The van der Waals surface area contributed by atoms with Crippen molar-refractivity contribution >= 4 is 11.7 Å². The van der Waals surface area contributed by atoms with Gasteiger partial charge in [-0.1, -0.05) is 22.8 Å². The first kappa shape index (κ1) is 23.2. The van der Waals surface area contributed by atoms with Gasteiger partial charge < -0.3 is 13.9 Å². The van der Waals surface area contributed by atoms with Gasteiger partial charge in [0.1, 0.15) is 0 Å². The van der Waals surface area contributed by atoms with E-state index < -0.39 is 0 Å². The highest BCUT2D eigenvalue weighted by atomic mass is 16.5. The van der Waals surface area contributed by atoms with Gasteiger partial charge in [0.25, 0.3) is 5.89 Å². The molecule has 0 bridgehead atoms. The number of hydrogen-bond acceptors (Lipinski definition) is 7. The molecule has 6 rings (SSSR count). The monoisotopic (exact) mass is 490 g/mol. The van der Waals surface area contributed by atoms with Crippen LogP contribution in [0.2, 0.25) is 0 Å². The number of amides is 2. The Kier molecular flexibility index (Phi) is 6.70. The van der Waals surface area contributed by atoms with E-state index in [0.717, 1.165) is 93.2 Å². The van der Waals surface area contributed by atoms with Crippen molar-refractivity contribution in [1.29, 1.82) is 0 Å². The van der Waals surface area contributed by atoms with Crippen LogP contribution in [0.1, 0.15) is 93.6 Å². The van der Waals surface area contributed by atoms with Gasteiger partial charge in [-0.25, -0.2) is 4.79 Å². The van der Waals surface area contributed by atoms with Crippen molar-refractivity contribution in [3.8, 4) is 11.5 Å². The number of carbonyl (C=O) groups is 1. The quantitative estimate of drug-likeness (QED) is 0.336. The minimum absolute atomic E-state index is 0.0852. The van der Waals surface area contributed by atoms with Gasteiger partial charge in [0.2, 0.25) is 5.89 Å². The molecule has 9 nitrogen and oxygen atoms in total. The molecule has 36 heavy (non-hydrogen) atoms. The van der Waals surface area contributed by atoms with Gasteiger partial charge in [0.05, 0.1) is 0 Å². The Bertz CT molecular complexity index is 1180. The predicted octanol–water partition coefficient (Wildman–Crippen LogP) is 5.70. The third kappa shape index (κ3) is 5.44. The molecule has 1 aromatic carbocycles. The van der Waals surface area contributed by atoms with E-state index in [-0.39, 0.29) is 6.03 Å². The van der Waals surface area contributed by atoms with Crippen molar-refractivity contribution in [2.45, 2.75) is 82.5 Å². The molecule has 3 aliphatic rings. The number of urea groups is 1. The fraction of sp³-hybridized carbons (Fsp3) is 0.593. The van der Waals surface area contributed by atoms with Crippen LogP contribution in [0.25, 0.3) is 11.5 Å². The van der Waals surface area contributed by atoms with Crippen LogP contribution in [-0.4, -0.2) is 50.8 Å². The molecule has 2 saturated carbocycles. The number of benzene rings is 1. The molecule has 2 aliphatic carbocycles. The lowest BCUT2D eigenvalue weighted by molar-refractivity contribution is 0.193. The molecule has 2 amide bonds. The van der Waals surface area contributed by atoms with Crippen molar-refractivity contribution in [3.63, 3.8) is 0 Å². The van der Waals surface area contributed by atoms with Crippen molar-refractivity contribution < 1.29 is 13.8 Å². The fourth-order valence-electron chi connectivity index (χ4n) is 4.86. The molecule has 3 aromatic rings. The fourth-order valence-corrected chi connectivity index (χ4v) is 4.86. The molecule has 0 spiro atoms. The summed E-state index contributed by atoms with van der Waals surface area (Å²) in [5.74, 6) is 3.87. The summed E-state index contributed by atoms with van der Waals surface area (Å²) >= 11 is 0. The van der Waals surface area contributed by atoms with E-state index >= 15 is 0 Å². The van der Waals surface area contributed by atoms with Crippen LogP contribution in [0.4, 0.5) is 10.5 Å². The predicted molar refractivity (Wildman–Crippen MR) is 134 cm³/mol. The zero-order valence-corrected chi connectivity index (χ0v) is 20.8. The molecule has 0 N–H and O–H groups in total. The molecule has 190 valence electrons. The summed E-state index contributed by atoms with van der Waals surface area (Å²) in [6, 6.07) is 8.03. The van der Waals surface area contributed by atoms with Crippen LogP contribution in [0.3, 0.4) is 0 Å². The standard InChI is InChI=1S/C27H34N6O3/c34-27(32-15-4-2-5-16-32)33(17-6-1-3-10-23-28-24(30-35-23)19-11-12-19)22-9-7-8-21(18-22)26-29-25(31-36-26)20-13-14-20/h7-9,18-20H,1-6,10-17H2. The SMILES string of the molecule is O=C(N1CCCCC1)N(CCCCCc1nc(C2CC2)no1)c1cccc(-c2nc(C3CC3)no2)c1. The van der Waals surface area contributed by atoms with Crippen LogP contribution < -0.4 is 4.90 Å². The topological polar surface area (TPSA) is 101 Å². The number of aromatic nitrogens is 4. The summed E-state index contributed by atoms with van der Waals surface area (Å²) in [5, 5.41) is 8.26. The van der Waals surface area contributed by atoms with Crippen molar-refractivity contribution in [2.24, 2.45) is 0 Å². The molecule has 0 atom stereocenters. The van der Waals surface area contributed by atoms with Crippen LogP contribution in [0.5, 0.6) is 0 Å². The maximum absolute atomic E-state index is 13.6. The molecule has 2 aromatic heterocycles. The Hall–Kier alpha value is -3.23. The number of unbranched alkanes of at least 4 members (excludes halogenated alkanes) is 2. The molecule has 3 heterocycles. The van der Waals surface area contributed by atoms with Gasteiger partial charge in [-0.15, -0.1) is 0 Å². The van der Waals surface area contributed by atoms with E-state index in [1.165, 1.54) is 19.3 Å². The van der Waals surface area contributed by atoms with Gasteiger partial charge in [0.15, 0.2) is 11.6 Å². The van der Waals surface area contributed by atoms with E-state index in [1.54, 1.807) is 0 Å². The smallest absolute Gasteiger partial charge is 0.324 e. The Morgan fingerprint density at radius 2 is 1.67 bits per heavy atom. The molecule has 0 unspecified atom stereocenters. The number of rotatable bonds is 10. The lowest BCUT2D eigenvalue weighted by atomic mass is 10.1. The number of likely N-dealkylation sites (tertiary alicyclic amines) is 1. The van der Waals surface area contributed by atoms with Crippen molar-refractivity contribution in [3.05, 3.63) is 41.8 Å². The van der Waals surface area contributed by atoms with Crippen LogP contribution in [0, 0.1) is 0 Å². The third-order valence-corrected chi connectivity index (χ3v) is 7.35. The number of aryl methyl sites for hydroxylation is 1. The largest absolute Gasteiger partial charge is 0.339 e. The molecule has 1 aliphatic heterocycles. The average molecular weight is 491 g/mol. The van der Waals surface area contributed by atoms with Crippen LogP contribution in [-0.2, 0) is 6.42 Å². The minimum Gasteiger partial charge on any atom is -0.339 e. The Morgan fingerprint density at radius 3 is 2.44 bits per heavy atom. The van der Waals surface area contributed by atoms with Gasteiger partial charge in [-0.05, 0) is 76.0 Å². The van der Waals surface area contributed by atoms with Gasteiger partial charge >= 0.3 is 6.03 Å². The average Bonchev–Trinajstić information content (AvgIpc) is 3.86. The molecule has 1 saturated heterocycles. The number of hydrogen-bond donors (Lipinski definition) is 0. The summed E-state index contributed by atoms with van der Waals surface area (Å²) in [5.41, 5.74) is 1.73. The normalized spacial score (nSPS) is 17.9. The second kappa shape index (κ2) is 10.4. The highest BCUT2D eigenvalue weighted by Crippen LogP contribution is 2.39. The summed E-state index contributed by atoms with van der Waals surface area (Å²) in [4.78, 5) is 26.6. The Morgan fingerprint density at radius 1 is 0.917 bits per heavy atom. The van der Waals surface area contributed by atoms with Gasteiger partial charge in [0, 0.05) is 49.1 Å². The van der Waals surface area contributed by atoms with Crippen LogP contribution >= 0.6 is 0 Å². The third-order valence-electron chi connectivity index (χ3n) is 7.35. The lowest BCUT2D eigenvalue weighted by Crippen LogP contribution is -2.46. The Labute approximate surface area is 211 Å². The number of carbonyl (C=O) groups excluding carboxylic acids is 1. The zero-order valence-electron chi connectivity index (χ0n) is 20.8. The first-order valence-corrected chi connectivity index (χ1v) is 13.6. The maximum atomic E-state index is 13.6. The number of anilines is 1. The summed E-state index contributed by atoms with van der Waals surface area (Å²) in [7, 11) is 0. The summed E-state index contributed by atoms with van der Waals surface area (Å²) < 4.78 is 10.9. The number of nitrogens with zero attached hydrogens (tertiary/aromatic N) is 6. The molecular formula is C27H34N6O3.